The summed E-state index contributed by atoms with van der Waals surface area (Å²) in [5.41, 5.74) is 1.71. The van der Waals surface area contributed by atoms with Crippen LogP contribution in [0.2, 0.25) is 0 Å². The van der Waals surface area contributed by atoms with Gasteiger partial charge in [0.25, 0.3) is 0 Å². The van der Waals surface area contributed by atoms with E-state index in [0.29, 0.717) is 0 Å². The second-order valence-corrected chi connectivity index (χ2v) is 4.67. The van der Waals surface area contributed by atoms with Crippen molar-refractivity contribution in [1.29, 1.82) is 5.26 Å². The number of nitrogens with one attached hydrogen (secondary N) is 1. The molecule has 0 saturated heterocycles. The average Bonchev–Trinajstić information content (AvgIpc) is 2.74. The summed E-state index contributed by atoms with van der Waals surface area (Å²) < 4.78 is 0. The summed E-state index contributed by atoms with van der Waals surface area (Å²) in [6.07, 6.45) is 3.80. The van der Waals surface area contributed by atoms with Gasteiger partial charge >= 0.3 is 0 Å². The van der Waals surface area contributed by atoms with Gasteiger partial charge < -0.3 is 4.98 Å². The van der Waals surface area contributed by atoms with Gasteiger partial charge in [-0.25, -0.2) is 4.98 Å². The molecular formula is C11H9N3S. The van der Waals surface area contributed by atoms with E-state index in [0.717, 1.165) is 29.2 Å². The van der Waals surface area contributed by atoms with Crippen LogP contribution in [-0.2, 0) is 5.41 Å². The standard InChI is InChI=1S/C11H9N3S/c12-7-11(3-4-11)10-14-9(6-15-10)8-2-1-5-13-8/h1-2,5-6,13H,3-4H2. The molecule has 0 radical (unpaired) electrons. The second kappa shape index (κ2) is 2.94. The Morgan fingerprint density at radius 1 is 1.53 bits per heavy atom. The largest absolute Gasteiger partial charge is 0.360 e. The highest BCUT2D eigenvalue weighted by molar-refractivity contribution is 7.10. The van der Waals surface area contributed by atoms with Crippen LogP contribution in [0.25, 0.3) is 11.4 Å². The topological polar surface area (TPSA) is 52.5 Å². The summed E-state index contributed by atoms with van der Waals surface area (Å²) in [5.74, 6) is 0. The quantitative estimate of drug-likeness (QED) is 0.837. The minimum atomic E-state index is -0.254. The highest BCUT2D eigenvalue weighted by Gasteiger charge is 2.47. The monoisotopic (exact) mass is 215 g/mol. The third-order valence-corrected chi connectivity index (χ3v) is 3.80. The van der Waals surface area contributed by atoms with Crippen molar-refractivity contribution in [2.75, 3.05) is 0 Å². The minimum absolute atomic E-state index is 0.254. The summed E-state index contributed by atoms with van der Waals surface area (Å²) >= 11 is 1.59. The molecule has 2 aromatic rings. The molecule has 2 heterocycles. The summed E-state index contributed by atoms with van der Waals surface area (Å²) in [5, 5.41) is 12.0. The van der Waals surface area contributed by atoms with Gasteiger partial charge in [-0.2, -0.15) is 5.26 Å². The van der Waals surface area contributed by atoms with Gasteiger partial charge in [-0.05, 0) is 25.0 Å². The fourth-order valence-corrected chi connectivity index (χ4v) is 2.63. The van der Waals surface area contributed by atoms with Crippen molar-refractivity contribution in [3.05, 3.63) is 28.7 Å². The Labute approximate surface area is 91.4 Å². The maximum Gasteiger partial charge on any atom is 0.114 e. The zero-order valence-electron chi connectivity index (χ0n) is 8.03. The van der Waals surface area contributed by atoms with Gasteiger partial charge in [0.2, 0.25) is 0 Å². The van der Waals surface area contributed by atoms with Crippen LogP contribution in [0.4, 0.5) is 0 Å². The number of rotatable bonds is 2. The van der Waals surface area contributed by atoms with Crippen molar-refractivity contribution < 1.29 is 0 Å². The van der Waals surface area contributed by atoms with Gasteiger partial charge in [-0.3, -0.25) is 0 Å². The number of aromatic amines is 1. The number of H-pyrrole nitrogens is 1. The normalized spacial score (nSPS) is 17.3. The van der Waals surface area contributed by atoms with Gasteiger partial charge in [0.15, 0.2) is 0 Å². The molecule has 74 valence electrons. The van der Waals surface area contributed by atoms with Crippen LogP contribution < -0.4 is 0 Å². The third kappa shape index (κ3) is 1.28. The summed E-state index contributed by atoms with van der Waals surface area (Å²) in [6.45, 7) is 0. The fraction of sp³-hybridized carbons (Fsp3) is 0.273. The number of nitriles is 1. The van der Waals surface area contributed by atoms with Gasteiger partial charge in [0.05, 0.1) is 17.5 Å². The van der Waals surface area contributed by atoms with Crippen molar-refractivity contribution in [1.82, 2.24) is 9.97 Å². The first-order chi connectivity index (χ1) is 7.34. The molecule has 0 amide bonds. The lowest BCUT2D eigenvalue weighted by atomic mass is 10.1. The maximum atomic E-state index is 9.06. The number of nitrogens with zero attached hydrogens (tertiary/aromatic N) is 2. The molecule has 0 aromatic carbocycles. The van der Waals surface area contributed by atoms with E-state index < -0.39 is 0 Å². The van der Waals surface area contributed by atoms with Gasteiger partial charge in [-0.15, -0.1) is 11.3 Å². The molecule has 15 heavy (non-hydrogen) atoms. The smallest absolute Gasteiger partial charge is 0.114 e. The molecule has 0 unspecified atom stereocenters. The van der Waals surface area contributed by atoms with Crippen molar-refractivity contribution >= 4 is 11.3 Å². The fourth-order valence-electron chi connectivity index (χ4n) is 1.61. The first-order valence-corrected chi connectivity index (χ1v) is 5.73. The highest BCUT2D eigenvalue weighted by Crippen LogP contribution is 2.49. The lowest BCUT2D eigenvalue weighted by Gasteiger charge is -1.97. The molecule has 0 spiro atoms. The molecule has 0 atom stereocenters. The maximum absolute atomic E-state index is 9.06. The lowest BCUT2D eigenvalue weighted by molar-refractivity contribution is 0.891. The number of hydrogen-bond donors (Lipinski definition) is 1. The summed E-state index contributed by atoms with van der Waals surface area (Å²) in [7, 11) is 0. The molecule has 0 bridgehead atoms. The molecular weight excluding hydrogens is 206 g/mol. The molecule has 4 heteroatoms. The Morgan fingerprint density at radius 2 is 2.40 bits per heavy atom. The van der Waals surface area contributed by atoms with Crippen LogP contribution in [0.15, 0.2) is 23.7 Å². The van der Waals surface area contributed by atoms with E-state index in [9.17, 15) is 0 Å². The highest BCUT2D eigenvalue weighted by atomic mass is 32.1. The van der Waals surface area contributed by atoms with E-state index in [1.165, 1.54) is 0 Å². The van der Waals surface area contributed by atoms with Gasteiger partial charge in [-0.1, -0.05) is 0 Å². The van der Waals surface area contributed by atoms with E-state index in [2.05, 4.69) is 16.0 Å². The molecule has 3 nitrogen and oxygen atoms in total. The van der Waals surface area contributed by atoms with Crippen LogP contribution in [0, 0.1) is 11.3 Å². The Kier molecular flexibility index (Phi) is 1.70. The number of hydrogen-bond acceptors (Lipinski definition) is 3. The van der Waals surface area contributed by atoms with E-state index in [1.54, 1.807) is 11.3 Å². The van der Waals surface area contributed by atoms with Crippen LogP contribution in [0.5, 0.6) is 0 Å². The Balaban J connectivity index is 1.99. The predicted molar refractivity (Wildman–Crippen MR) is 58.4 cm³/mol. The van der Waals surface area contributed by atoms with Crippen LogP contribution in [0.3, 0.4) is 0 Å². The Morgan fingerprint density at radius 3 is 3.00 bits per heavy atom. The van der Waals surface area contributed by atoms with E-state index in [1.807, 2.05) is 23.7 Å². The van der Waals surface area contributed by atoms with Crippen LogP contribution >= 0.6 is 11.3 Å². The van der Waals surface area contributed by atoms with E-state index >= 15 is 0 Å². The molecule has 1 aliphatic carbocycles. The molecule has 1 saturated carbocycles. The van der Waals surface area contributed by atoms with E-state index in [4.69, 9.17) is 5.26 Å². The van der Waals surface area contributed by atoms with Crippen molar-refractivity contribution in [3.63, 3.8) is 0 Å². The first-order valence-electron chi connectivity index (χ1n) is 4.85. The molecule has 2 aromatic heterocycles. The zero-order chi connectivity index (χ0) is 10.3. The predicted octanol–water partition coefficient (Wildman–Crippen LogP) is 2.69. The first kappa shape index (κ1) is 8.69. The Bertz CT molecular complexity index is 514. The zero-order valence-corrected chi connectivity index (χ0v) is 8.84. The van der Waals surface area contributed by atoms with Gasteiger partial charge in [0, 0.05) is 11.6 Å². The van der Waals surface area contributed by atoms with Crippen molar-refractivity contribution in [2.45, 2.75) is 18.3 Å². The molecule has 0 aliphatic heterocycles. The van der Waals surface area contributed by atoms with Gasteiger partial charge in [0.1, 0.15) is 10.4 Å². The number of aromatic nitrogens is 2. The lowest BCUT2D eigenvalue weighted by Crippen LogP contribution is -2.01. The van der Waals surface area contributed by atoms with E-state index in [-0.39, 0.29) is 5.41 Å². The molecule has 1 fully saturated rings. The Hall–Kier alpha value is -1.60. The minimum Gasteiger partial charge on any atom is -0.360 e. The van der Waals surface area contributed by atoms with Crippen molar-refractivity contribution in [3.8, 4) is 17.5 Å². The van der Waals surface area contributed by atoms with Crippen LogP contribution in [-0.4, -0.2) is 9.97 Å². The number of thiazole rings is 1. The summed E-state index contributed by atoms with van der Waals surface area (Å²) in [4.78, 5) is 7.64. The molecule has 3 rings (SSSR count). The molecule has 1 aliphatic rings. The third-order valence-electron chi connectivity index (χ3n) is 2.75. The molecule has 1 N–H and O–H groups in total. The summed E-state index contributed by atoms with van der Waals surface area (Å²) in [6, 6.07) is 6.31. The van der Waals surface area contributed by atoms with Crippen LogP contribution in [0.1, 0.15) is 17.8 Å². The SMILES string of the molecule is N#CC1(c2nc(-c3ccc[nH]3)cs2)CC1. The van der Waals surface area contributed by atoms with Crippen molar-refractivity contribution in [2.24, 2.45) is 0 Å². The average molecular weight is 215 g/mol. The second-order valence-electron chi connectivity index (χ2n) is 3.82.